The fraction of sp³-hybridized carbons (Fsp3) is 0.545. The maximum atomic E-state index is 11.8. The number of nitrogens with zero attached hydrogens (tertiary/aromatic N) is 2. The van der Waals surface area contributed by atoms with Crippen molar-refractivity contribution in [3.8, 4) is 0 Å². The van der Waals surface area contributed by atoms with Crippen LogP contribution in [0.1, 0.15) is 30.0 Å². The lowest BCUT2D eigenvalue weighted by molar-refractivity contribution is -0.140. The highest BCUT2D eigenvalue weighted by molar-refractivity contribution is 5.95. The zero-order valence-electron chi connectivity index (χ0n) is 10.4. The highest BCUT2D eigenvalue weighted by atomic mass is 16.4. The zero-order chi connectivity index (χ0) is 13.2. The lowest BCUT2D eigenvalue weighted by atomic mass is 10.0. The average Bonchev–Trinajstić information content (AvgIpc) is 2.54. The van der Waals surface area contributed by atoms with Crippen molar-refractivity contribution in [2.45, 2.75) is 26.8 Å². The Kier molecular flexibility index (Phi) is 3.88. The van der Waals surface area contributed by atoms with Crippen molar-refractivity contribution in [3.05, 3.63) is 17.5 Å². The van der Waals surface area contributed by atoms with Crippen molar-refractivity contribution < 1.29 is 14.7 Å². The molecular weight excluding hydrogens is 222 g/mol. The third-order valence-corrected chi connectivity index (χ3v) is 2.57. The molecule has 0 unspecified atom stereocenters. The van der Waals surface area contributed by atoms with Crippen LogP contribution in [0, 0.1) is 12.8 Å². The number of rotatable bonds is 4. The number of amides is 1. The van der Waals surface area contributed by atoms with Crippen LogP contribution >= 0.6 is 0 Å². The van der Waals surface area contributed by atoms with E-state index in [1.807, 2.05) is 6.92 Å². The van der Waals surface area contributed by atoms with Gasteiger partial charge in [-0.05, 0) is 18.9 Å². The molecule has 17 heavy (non-hydrogen) atoms. The second-order valence-corrected chi connectivity index (χ2v) is 4.33. The molecule has 0 aliphatic heterocycles. The van der Waals surface area contributed by atoms with Crippen LogP contribution in [0.2, 0.25) is 0 Å². The number of carboxylic acids is 1. The Morgan fingerprint density at radius 2 is 2.06 bits per heavy atom. The van der Waals surface area contributed by atoms with Gasteiger partial charge in [0.25, 0.3) is 5.91 Å². The number of carboxylic acid groups (broad SMARTS) is 1. The maximum Gasteiger partial charge on any atom is 0.326 e. The molecule has 6 heteroatoms. The summed E-state index contributed by atoms with van der Waals surface area (Å²) in [5.74, 6) is -1.68. The zero-order valence-corrected chi connectivity index (χ0v) is 10.4. The van der Waals surface area contributed by atoms with E-state index in [9.17, 15) is 9.59 Å². The second-order valence-electron chi connectivity index (χ2n) is 4.33. The van der Waals surface area contributed by atoms with Crippen LogP contribution in [0.4, 0.5) is 0 Å². The first kappa shape index (κ1) is 13.2. The Labute approximate surface area is 99.6 Å². The molecule has 1 amide bonds. The van der Waals surface area contributed by atoms with Gasteiger partial charge >= 0.3 is 5.97 Å². The summed E-state index contributed by atoms with van der Waals surface area (Å²) in [6, 6.07) is 0.721. The van der Waals surface area contributed by atoms with Crippen molar-refractivity contribution in [2.75, 3.05) is 0 Å². The SMILES string of the molecule is Cc1cc(C(=O)N[C@@H](C(=O)O)C(C)C)nn1C. The van der Waals surface area contributed by atoms with Gasteiger partial charge < -0.3 is 10.4 Å². The molecule has 2 N–H and O–H groups in total. The molecule has 0 fully saturated rings. The van der Waals surface area contributed by atoms with Gasteiger partial charge in [0.2, 0.25) is 0 Å². The molecule has 1 aromatic rings. The molecule has 1 aromatic heterocycles. The first-order valence-electron chi connectivity index (χ1n) is 5.37. The molecule has 0 saturated heterocycles. The third kappa shape index (κ3) is 3.05. The molecule has 1 atom stereocenters. The standard InChI is InChI=1S/C11H17N3O3/c1-6(2)9(11(16)17)12-10(15)8-5-7(3)14(4)13-8/h5-6,9H,1-4H3,(H,12,15)(H,16,17)/t9-/m1/s1. The molecule has 0 aliphatic carbocycles. The van der Waals surface area contributed by atoms with Gasteiger partial charge in [-0.3, -0.25) is 9.48 Å². The average molecular weight is 239 g/mol. The van der Waals surface area contributed by atoms with Gasteiger partial charge in [0, 0.05) is 12.7 Å². The van der Waals surface area contributed by atoms with E-state index < -0.39 is 17.9 Å². The smallest absolute Gasteiger partial charge is 0.326 e. The number of nitrogens with one attached hydrogen (secondary N) is 1. The van der Waals surface area contributed by atoms with Crippen LogP contribution < -0.4 is 5.32 Å². The molecule has 0 saturated carbocycles. The summed E-state index contributed by atoms with van der Waals surface area (Å²) < 4.78 is 1.57. The summed E-state index contributed by atoms with van der Waals surface area (Å²) in [7, 11) is 1.73. The Morgan fingerprint density at radius 1 is 1.47 bits per heavy atom. The number of aliphatic carboxylic acids is 1. The summed E-state index contributed by atoms with van der Waals surface area (Å²) in [5.41, 5.74) is 1.07. The van der Waals surface area contributed by atoms with Crippen LogP contribution in [0.25, 0.3) is 0 Å². The molecule has 94 valence electrons. The van der Waals surface area contributed by atoms with Gasteiger partial charge in [-0.15, -0.1) is 0 Å². The van der Waals surface area contributed by atoms with E-state index in [0.29, 0.717) is 0 Å². The summed E-state index contributed by atoms with van der Waals surface area (Å²) in [6.45, 7) is 5.30. The Hall–Kier alpha value is -1.85. The van der Waals surface area contributed by atoms with E-state index in [1.54, 1.807) is 31.6 Å². The van der Waals surface area contributed by atoms with E-state index in [2.05, 4.69) is 10.4 Å². The van der Waals surface area contributed by atoms with Crippen molar-refractivity contribution in [1.82, 2.24) is 15.1 Å². The fourth-order valence-corrected chi connectivity index (χ4v) is 1.40. The number of hydrogen-bond donors (Lipinski definition) is 2. The quantitative estimate of drug-likeness (QED) is 0.804. The highest BCUT2D eigenvalue weighted by Crippen LogP contribution is 2.05. The Bertz CT molecular complexity index is 418. The predicted molar refractivity (Wildman–Crippen MR) is 61.7 cm³/mol. The number of carbonyl (C=O) groups excluding carboxylic acids is 1. The number of carbonyl (C=O) groups is 2. The van der Waals surface area contributed by atoms with Gasteiger partial charge in [0.1, 0.15) is 11.7 Å². The van der Waals surface area contributed by atoms with E-state index in [0.717, 1.165) is 5.69 Å². The minimum absolute atomic E-state index is 0.179. The molecule has 0 radical (unpaired) electrons. The molecule has 0 bridgehead atoms. The predicted octanol–water partition coefficient (Wildman–Crippen LogP) is 0.568. The number of hydrogen-bond acceptors (Lipinski definition) is 3. The van der Waals surface area contributed by atoms with Gasteiger partial charge in [0.15, 0.2) is 0 Å². The van der Waals surface area contributed by atoms with Crippen molar-refractivity contribution in [1.29, 1.82) is 0 Å². The van der Waals surface area contributed by atoms with Crippen LogP contribution in [-0.4, -0.2) is 32.8 Å². The summed E-state index contributed by atoms with van der Waals surface area (Å²) in [5, 5.41) is 15.4. The van der Waals surface area contributed by atoms with Crippen molar-refractivity contribution >= 4 is 11.9 Å². The molecule has 6 nitrogen and oxygen atoms in total. The van der Waals surface area contributed by atoms with Crippen LogP contribution in [0.3, 0.4) is 0 Å². The molecule has 1 heterocycles. The second kappa shape index (κ2) is 4.99. The minimum atomic E-state index is -1.04. The minimum Gasteiger partial charge on any atom is -0.480 e. The first-order valence-corrected chi connectivity index (χ1v) is 5.37. The van der Waals surface area contributed by atoms with Crippen LogP contribution in [0.5, 0.6) is 0 Å². The lowest BCUT2D eigenvalue weighted by Crippen LogP contribution is -2.44. The van der Waals surface area contributed by atoms with E-state index in [-0.39, 0.29) is 11.6 Å². The van der Waals surface area contributed by atoms with E-state index in [1.165, 1.54) is 0 Å². The highest BCUT2D eigenvalue weighted by Gasteiger charge is 2.24. The van der Waals surface area contributed by atoms with Crippen molar-refractivity contribution in [2.24, 2.45) is 13.0 Å². The van der Waals surface area contributed by atoms with Crippen LogP contribution in [0.15, 0.2) is 6.07 Å². The topological polar surface area (TPSA) is 84.2 Å². The summed E-state index contributed by atoms with van der Waals surface area (Å²) in [4.78, 5) is 22.7. The molecule has 0 spiro atoms. The van der Waals surface area contributed by atoms with Crippen LogP contribution in [-0.2, 0) is 11.8 Å². The Morgan fingerprint density at radius 3 is 2.41 bits per heavy atom. The van der Waals surface area contributed by atoms with Gasteiger partial charge in [-0.2, -0.15) is 5.10 Å². The van der Waals surface area contributed by atoms with E-state index >= 15 is 0 Å². The molecule has 1 rings (SSSR count). The monoisotopic (exact) mass is 239 g/mol. The Balaban J connectivity index is 2.81. The number of aryl methyl sites for hydroxylation is 2. The van der Waals surface area contributed by atoms with E-state index in [4.69, 9.17) is 5.11 Å². The first-order chi connectivity index (χ1) is 7.82. The fourth-order valence-electron chi connectivity index (χ4n) is 1.40. The third-order valence-electron chi connectivity index (χ3n) is 2.57. The number of aromatic nitrogens is 2. The molecular formula is C11H17N3O3. The van der Waals surface area contributed by atoms with Gasteiger partial charge in [-0.1, -0.05) is 13.8 Å². The van der Waals surface area contributed by atoms with Gasteiger partial charge in [0.05, 0.1) is 0 Å². The molecule has 0 aromatic carbocycles. The lowest BCUT2D eigenvalue weighted by Gasteiger charge is -2.16. The summed E-state index contributed by atoms with van der Waals surface area (Å²) in [6.07, 6.45) is 0. The largest absolute Gasteiger partial charge is 0.480 e. The molecule has 0 aliphatic rings. The van der Waals surface area contributed by atoms with Gasteiger partial charge in [-0.25, -0.2) is 4.79 Å². The normalized spacial score (nSPS) is 12.5. The van der Waals surface area contributed by atoms with Crippen molar-refractivity contribution in [3.63, 3.8) is 0 Å². The summed E-state index contributed by atoms with van der Waals surface area (Å²) >= 11 is 0. The maximum absolute atomic E-state index is 11.8.